The first kappa shape index (κ1) is 17.1. The van der Waals surface area contributed by atoms with Crippen molar-refractivity contribution in [1.29, 1.82) is 0 Å². The van der Waals surface area contributed by atoms with Gasteiger partial charge >= 0.3 is 0 Å². The summed E-state index contributed by atoms with van der Waals surface area (Å²) in [6.45, 7) is 11.8. The maximum atomic E-state index is 6.14. The van der Waals surface area contributed by atoms with Crippen LogP contribution >= 0.6 is 0 Å². The first-order valence-corrected chi connectivity index (χ1v) is 8.44. The molecule has 0 fully saturated rings. The quantitative estimate of drug-likeness (QED) is 0.584. The second kappa shape index (κ2) is 9.92. The highest BCUT2D eigenvalue weighted by Crippen LogP contribution is 2.24. The van der Waals surface area contributed by atoms with Gasteiger partial charge in [-0.3, -0.25) is 0 Å². The van der Waals surface area contributed by atoms with Crippen molar-refractivity contribution >= 4 is 15.8 Å². The molecule has 2 unspecified atom stereocenters. The summed E-state index contributed by atoms with van der Waals surface area (Å²) in [5, 5.41) is 0. The van der Waals surface area contributed by atoms with Gasteiger partial charge in [0.2, 0.25) is 9.76 Å². The Hall–Kier alpha value is -0.903. The van der Waals surface area contributed by atoms with Crippen molar-refractivity contribution in [3.05, 3.63) is 42.0 Å². The van der Waals surface area contributed by atoms with E-state index in [1.807, 2.05) is 13.0 Å². The number of hydrogen-bond acceptors (Lipinski definition) is 2. The van der Waals surface area contributed by atoms with Crippen molar-refractivity contribution in [2.75, 3.05) is 13.2 Å². The summed E-state index contributed by atoms with van der Waals surface area (Å²) in [6.07, 6.45) is 4.13. The van der Waals surface area contributed by atoms with Crippen LogP contribution in [0.25, 0.3) is 6.08 Å². The first-order valence-electron chi connectivity index (χ1n) is 7.46. The monoisotopic (exact) mass is 290 g/mol. The van der Waals surface area contributed by atoms with Gasteiger partial charge < -0.3 is 9.16 Å². The van der Waals surface area contributed by atoms with Gasteiger partial charge in [-0.25, -0.2) is 0 Å². The summed E-state index contributed by atoms with van der Waals surface area (Å²) in [7, 11) is 0.492. The molecule has 0 heterocycles. The Labute approximate surface area is 126 Å². The Balaban J connectivity index is 2.59. The molecule has 3 heteroatoms. The molecule has 1 aromatic carbocycles. The standard InChI is InChI=1S/C17H26O2Si/c1-5-14-10-9-11-15(12-14)17(7-3)19-20-16(6-2)13-18-8-4/h5,9-12,16-17H,1,6-8,13H2,2-4H3. The molecule has 0 bridgehead atoms. The van der Waals surface area contributed by atoms with Crippen LogP contribution in [0.2, 0.25) is 5.54 Å². The van der Waals surface area contributed by atoms with E-state index < -0.39 is 0 Å². The minimum atomic E-state index is 0.170. The van der Waals surface area contributed by atoms with Crippen LogP contribution in [0.3, 0.4) is 0 Å². The van der Waals surface area contributed by atoms with Crippen LogP contribution in [0, 0.1) is 0 Å². The summed E-state index contributed by atoms with van der Waals surface area (Å²) < 4.78 is 11.6. The van der Waals surface area contributed by atoms with Crippen LogP contribution in [-0.4, -0.2) is 23.0 Å². The van der Waals surface area contributed by atoms with Crippen molar-refractivity contribution in [3.8, 4) is 0 Å². The molecule has 0 saturated heterocycles. The van der Waals surface area contributed by atoms with Crippen molar-refractivity contribution in [2.24, 2.45) is 0 Å². The molecule has 0 N–H and O–H groups in total. The van der Waals surface area contributed by atoms with E-state index in [-0.39, 0.29) is 6.10 Å². The third-order valence-electron chi connectivity index (χ3n) is 3.28. The van der Waals surface area contributed by atoms with Gasteiger partial charge in [0.05, 0.1) is 6.10 Å². The van der Waals surface area contributed by atoms with Crippen LogP contribution in [0.1, 0.15) is 50.8 Å². The fraction of sp³-hybridized carbons (Fsp3) is 0.529. The third kappa shape index (κ3) is 5.61. The van der Waals surface area contributed by atoms with Gasteiger partial charge in [0, 0.05) is 18.8 Å². The number of ether oxygens (including phenoxy) is 1. The molecular formula is C17H26O2Si. The smallest absolute Gasteiger partial charge is 0.236 e. The van der Waals surface area contributed by atoms with Crippen LogP contribution in [0.15, 0.2) is 30.8 Å². The Kier molecular flexibility index (Phi) is 8.50. The zero-order chi connectivity index (χ0) is 14.8. The lowest BCUT2D eigenvalue weighted by Gasteiger charge is -2.20. The second-order valence-electron chi connectivity index (χ2n) is 4.77. The predicted molar refractivity (Wildman–Crippen MR) is 86.9 cm³/mol. The van der Waals surface area contributed by atoms with E-state index in [1.165, 1.54) is 5.56 Å². The van der Waals surface area contributed by atoms with Gasteiger partial charge in [0.15, 0.2) is 0 Å². The molecule has 0 spiro atoms. The molecular weight excluding hydrogens is 264 g/mol. The molecule has 110 valence electrons. The average Bonchev–Trinajstić information content (AvgIpc) is 2.51. The summed E-state index contributed by atoms with van der Waals surface area (Å²) >= 11 is 0. The normalized spacial score (nSPS) is 13.9. The Morgan fingerprint density at radius 3 is 2.65 bits per heavy atom. The highest BCUT2D eigenvalue weighted by molar-refractivity contribution is 6.29. The Morgan fingerprint density at radius 1 is 1.25 bits per heavy atom. The van der Waals surface area contributed by atoms with Crippen LogP contribution in [0.5, 0.6) is 0 Å². The number of benzene rings is 1. The third-order valence-corrected chi connectivity index (χ3v) is 4.61. The molecule has 20 heavy (non-hydrogen) atoms. The molecule has 0 saturated carbocycles. The number of hydrogen-bond donors (Lipinski definition) is 0. The van der Waals surface area contributed by atoms with Crippen LogP contribution in [-0.2, 0) is 9.16 Å². The van der Waals surface area contributed by atoms with Crippen molar-refractivity contribution in [2.45, 2.75) is 45.3 Å². The number of rotatable bonds is 10. The lowest BCUT2D eigenvalue weighted by atomic mass is 10.0. The van der Waals surface area contributed by atoms with Crippen molar-refractivity contribution in [1.82, 2.24) is 0 Å². The van der Waals surface area contributed by atoms with Gasteiger partial charge in [-0.2, -0.15) is 0 Å². The molecule has 0 aliphatic carbocycles. The van der Waals surface area contributed by atoms with Crippen molar-refractivity contribution in [3.63, 3.8) is 0 Å². The minimum Gasteiger partial charge on any atom is -0.410 e. The lowest BCUT2D eigenvalue weighted by molar-refractivity contribution is 0.134. The maximum absolute atomic E-state index is 6.14. The highest BCUT2D eigenvalue weighted by atomic mass is 28.2. The summed E-state index contributed by atoms with van der Waals surface area (Å²) in [4.78, 5) is 0. The van der Waals surface area contributed by atoms with Gasteiger partial charge in [0.25, 0.3) is 0 Å². The van der Waals surface area contributed by atoms with E-state index in [0.29, 0.717) is 15.3 Å². The fourth-order valence-corrected chi connectivity index (χ4v) is 2.96. The zero-order valence-corrected chi connectivity index (χ0v) is 13.9. The molecule has 2 radical (unpaired) electrons. The second-order valence-corrected chi connectivity index (χ2v) is 6.06. The molecule has 1 rings (SSSR count). The first-order chi connectivity index (χ1) is 9.74. The van der Waals surface area contributed by atoms with E-state index in [9.17, 15) is 0 Å². The molecule has 2 atom stereocenters. The molecule has 0 aliphatic rings. The highest BCUT2D eigenvalue weighted by Gasteiger charge is 2.15. The topological polar surface area (TPSA) is 18.5 Å². The predicted octanol–water partition coefficient (Wildman–Crippen LogP) is 4.65. The molecule has 0 aromatic heterocycles. The molecule has 0 aliphatic heterocycles. The van der Waals surface area contributed by atoms with Gasteiger partial charge in [-0.1, -0.05) is 51.1 Å². The molecule has 2 nitrogen and oxygen atoms in total. The summed E-state index contributed by atoms with van der Waals surface area (Å²) in [5.74, 6) is 0. The largest absolute Gasteiger partial charge is 0.410 e. The van der Waals surface area contributed by atoms with E-state index in [2.05, 4.69) is 44.7 Å². The maximum Gasteiger partial charge on any atom is 0.236 e. The summed E-state index contributed by atoms with van der Waals surface area (Å²) in [5.41, 5.74) is 2.89. The minimum absolute atomic E-state index is 0.170. The van der Waals surface area contributed by atoms with Crippen molar-refractivity contribution < 1.29 is 9.16 Å². The molecule has 1 aromatic rings. The van der Waals surface area contributed by atoms with Gasteiger partial charge in [0.1, 0.15) is 0 Å². The zero-order valence-electron chi connectivity index (χ0n) is 12.9. The van der Waals surface area contributed by atoms with Gasteiger partial charge in [-0.15, -0.1) is 0 Å². The van der Waals surface area contributed by atoms with E-state index in [4.69, 9.17) is 9.16 Å². The van der Waals surface area contributed by atoms with E-state index >= 15 is 0 Å². The Morgan fingerprint density at radius 2 is 2.05 bits per heavy atom. The van der Waals surface area contributed by atoms with E-state index in [0.717, 1.165) is 31.6 Å². The fourth-order valence-electron chi connectivity index (χ4n) is 1.95. The molecule has 0 amide bonds. The SMILES string of the molecule is C=Cc1cccc(C(CC)O[Si]C(CC)COCC)c1. The summed E-state index contributed by atoms with van der Waals surface area (Å²) in [6, 6.07) is 8.43. The van der Waals surface area contributed by atoms with Crippen LogP contribution < -0.4 is 0 Å². The Bertz CT molecular complexity index is 392. The van der Waals surface area contributed by atoms with Crippen LogP contribution in [0.4, 0.5) is 0 Å². The lowest BCUT2D eigenvalue weighted by Crippen LogP contribution is -2.16. The average molecular weight is 290 g/mol. The van der Waals surface area contributed by atoms with E-state index in [1.54, 1.807) is 0 Å². The van der Waals surface area contributed by atoms with Gasteiger partial charge in [-0.05, 0) is 30.5 Å².